The third-order valence-electron chi connectivity index (χ3n) is 3.71. The minimum atomic E-state index is -0.455. The van der Waals surface area contributed by atoms with Crippen molar-refractivity contribution in [3.05, 3.63) is 24.3 Å². The molecule has 1 fully saturated rings. The van der Waals surface area contributed by atoms with Crippen LogP contribution in [-0.4, -0.2) is 35.7 Å². The molecule has 1 heterocycles. The SMILES string of the molecule is CC(C)(C)OC(=O)N1CCCCC1CNc1ccc(N)cc1. The van der Waals surface area contributed by atoms with Crippen molar-refractivity contribution in [2.24, 2.45) is 0 Å². The minimum absolute atomic E-state index is 0.168. The molecular weight excluding hydrogens is 278 g/mol. The molecule has 0 aromatic heterocycles. The van der Waals surface area contributed by atoms with E-state index < -0.39 is 5.60 Å². The summed E-state index contributed by atoms with van der Waals surface area (Å²) in [7, 11) is 0. The van der Waals surface area contributed by atoms with Crippen molar-refractivity contribution in [3.63, 3.8) is 0 Å². The number of anilines is 2. The Morgan fingerprint density at radius 1 is 1.32 bits per heavy atom. The van der Waals surface area contributed by atoms with Crippen LogP contribution in [0.25, 0.3) is 0 Å². The zero-order chi connectivity index (χ0) is 16.2. The molecular formula is C17H27N3O2. The van der Waals surface area contributed by atoms with Gasteiger partial charge in [0.05, 0.1) is 6.04 Å². The number of amides is 1. The second kappa shape index (κ2) is 6.90. The number of piperidine rings is 1. The maximum absolute atomic E-state index is 12.3. The summed E-state index contributed by atoms with van der Waals surface area (Å²) in [5, 5.41) is 3.38. The highest BCUT2D eigenvalue weighted by molar-refractivity contribution is 5.68. The van der Waals surface area contributed by atoms with Crippen molar-refractivity contribution >= 4 is 17.5 Å². The molecule has 22 heavy (non-hydrogen) atoms. The second-order valence-electron chi connectivity index (χ2n) is 6.83. The van der Waals surface area contributed by atoms with Crippen molar-refractivity contribution in [2.45, 2.75) is 51.7 Å². The zero-order valence-corrected chi connectivity index (χ0v) is 13.8. The maximum atomic E-state index is 12.3. The van der Waals surface area contributed by atoms with Gasteiger partial charge in [-0.25, -0.2) is 4.79 Å². The number of ether oxygens (including phenoxy) is 1. The minimum Gasteiger partial charge on any atom is -0.444 e. The molecule has 1 atom stereocenters. The van der Waals surface area contributed by atoms with Crippen LogP contribution in [0.4, 0.5) is 16.2 Å². The van der Waals surface area contributed by atoms with Gasteiger partial charge in [0, 0.05) is 24.5 Å². The Balaban J connectivity index is 1.94. The van der Waals surface area contributed by atoms with E-state index in [-0.39, 0.29) is 12.1 Å². The van der Waals surface area contributed by atoms with Crippen LogP contribution in [0, 0.1) is 0 Å². The van der Waals surface area contributed by atoms with E-state index in [9.17, 15) is 4.79 Å². The number of rotatable bonds is 3. The molecule has 1 aromatic carbocycles. The second-order valence-corrected chi connectivity index (χ2v) is 6.83. The molecule has 0 spiro atoms. The number of nitrogens with two attached hydrogens (primary N) is 1. The molecule has 1 aromatic rings. The lowest BCUT2D eigenvalue weighted by molar-refractivity contribution is 0.0114. The van der Waals surface area contributed by atoms with E-state index in [2.05, 4.69) is 5.32 Å². The van der Waals surface area contributed by atoms with Crippen molar-refractivity contribution in [3.8, 4) is 0 Å². The predicted molar refractivity (Wildman–Crippen MR) is 89.9 cm³/mol. The van der Waals surface area contributed by atoms with Crippen LogP contribution in [0.15, 0.2) is 24.3 Å². The Bertz CT molecular complexity index is 494. The highest BCUT2D eigenvalue weighted by atomic mass is 16.6. The lowest BCUT2D eigenvalue weighted by atomic mass is 10.0. The van der Waals surface area contributed by atoms with E-state index in [0.29, 0.717) is 0 Å². The lowest BCUT2D eigenvalue weighted by Gasteiger charge is -2.37. The molecule has 1 amide bonds. The summed E-state index contributed by atoms with van der Waals surface area (Å²) in [4.78, 5) is 14.2. The Kier molecular flexibility index (Phi) is 5.16. The lowest BCUT2D eigenvalue weighted by Crippen LogP contribution is -2.48. The van der Waals surface area contributed by atoms with Gasteiger partial charge in [-0.1, -0.05) is 0 Å². The number of nitrogen functional groups attached to an aromatic ring is 1. The first-order chi connectivity index (χ1) is 10.3. The van der Waals surface area contributed by atoms with E-state index in [1.807, 2.05) is 49.9 Å². The molecule has 5 heteroatoms. The molecule has 5 nitrogen and oxygen atoms in total. The molecule has 0 saturated carbocycles. The van der Waals surface area contributed by atoms with E-state index >= 15 is 0 Å². The molecule has 122 valence electrons. The summed E-state index contributed by atoms with van der Waals surface area (Å²) in [5.41, 5.74) is 7.00. The smallest absolute Gasteiger partial charge is 0.410 e. The van der Waals surface area contributed by atoms with Crippen molar-refractivity contribution in [1.82, 2.24) is 4.90 Å². The van der Waals surface area contributed by atoms with Gasteiger partial charge in [0.1, 0.15) is 5.60 Å². The first-order valence-electron chi connectivity index (χ1n) is 7.94. The van der Waals surface area contributed by atoms with Crippen molar-refractivity contribution in [1.29, 1.82) is 0 Å². The average Bonchev–Trinajstić information content (AvgIpc) is 2.45. The monoisotopic (exact) mass is 305 g/mol. The number of likely N-dealkylation sites (tertiary alicyclic amines) is 1. The van der Waals surface area contributed by atoms with Gasteiger partial charge in [-0.2, -0.15) is 0 Å². The summed E-state index contributed by atoms with van der Waals surface area (Å²) in [5.74, 6) is 0. The number of nitrogens with zero attached hydrogens (tertiary/aromatic N) is 1. The van der Waals surface area contributed by atoms with Crippen molar-refractivity contribution < 1.29 is 9.53 Å². The summed E-state index contributed by atoms with van der Waals surface area (Å²) >= 11 is 0. The Hall–Kier alpha value is -1.91. The van der Waals surface area contributed by atoms with Gasteiger partial charge in [0.15, 0.2) is 0 Å². The molecule has 0 bridgehead atoms. The third kappa shape index (κ3) is 4.83. The normalized spacial score (nSPS) is 18.9. The molecule has 1 aliphatic heterocycles. The Morgan fingerprint density at radius 3 is 2.64 bits per heavy atom. The topological polar surface area (TPSA) is 67.6 Å². The molecule has 1 saturated heterocycles. The van der Waals surface area contributed by atoms with Crippen LogP contribution in [0.5, 0.6) is 0 Å². The highest BCUT2D eigenvalue weighted by Crippen LogP contribution is 2.21. The quantitative estimate of drug-likeness (QED) is 0.839. The standard InChI is InChI=1S/C17H27N3O2/c1-17(2,3)22-16(21)20-11-5-4-6-15(20)12-19-14-9-7-13(18)8-10-14/h7-10,15,19H,4-6,11-12,18H2,1-3H3. The first kappa shape index (κ1) is 16.5. The van der Waals surface area contributed by atoms with Gasteiger partial charge < -0.3 is 20.7 Å². The maximum Gasteiger partial charge on any atom is 0.410 e. The van der Waals surface area contributed by atoms with Crippen LogP contribution >= 0.6 is 0 Å². The van der Waals surface area contributed by atoms with Crippen LogP contribution in [0.2, 0.25) is 0 Å². The molecule has 3 N–H and O–H groups in total. The van der Waals surface area contributed by atoms with Crippen molar-refractivity contribution in [2.75, 3.05) is 24.1 Å². The molecule has 0 aliphatic carbocycles. The summed E-state index contributed by atoms with van der Waals surface area (Å²) in [6.07, 6.45) is 2.97. The number of carbonyl (C=O) groups is 1. The fraction of sp³-hybridized carbons (Fsp3) is 0.588. The van der Waals surface area contributed by atoms with Gasteiger partial charge in [-0.05, 0) is 64.3 Å². The number of carbonyl (C=O) groups excluding carboxylic acids is 1. The summed E-state index contributed by atoms with van der Waals surface area (Å²) < 4.78 is 5.52. The van der Waals surface area contributed by atoms with E-state index in [0.717, 1.165) is 43.7 Å². The highest BCUT2D eigenvalue weighted by Gasteiger charge is 2.30. The molecule has 0 radical (unpaired) electrons. The fourth-order valence-electron chi connectivity index (χ4n) is 2.61. The third-order valence-corrected chi connectivity index (χ3v) is 3.71. The molecule has 1 aliphatic rings. The van der Waals surface area contributed by atoms with Crippen LogP contribution in [-0.2, 0) is 4.74 Å². The van der Waals surface area contributed by atoms with Crippen LogP contribution < -0.4 is 11.1 Å². The van der Waals surface area contributed by atoms with Crippen LogP contribution in [0.1, 0.15) is 40.0 Å². The fourth-order valence-corrected chi connectivity index (χ4v) is 2.61. The van der Waals surface area contributed by atoms with Gasteiger partial charge in [0.2, 0.25) is 0 Å². The molecule has 2 rings (SSSR count). The molecule has 1 unspecified atom stereocenters. The van der Waals surface area contributed by atoms with Gasteiger partial charge in [-0.15, -0.1) is 0 Å². The number of hydrogen-bond donors (Lipinski definition) is 2. The zero-order valence-electron chi connectivity index (χ0n) is 13.8. The van der Waals surface area contributed by atoms with Gasteiger partial charge >= 0.3 is 6.09 Å². The van der Waals surface area contributed by atoms with E-state index in [1.54, 1.807) is 0 Å². The first-order valence-corrected chi connectivity index (χ1v) is 7.94. The van der Waals surface area contributed by atoms with Gasteiger partial charge in [-0.3, -0.25) is 0 Å². The van der Waals surface area contributed by atoms with Gasteiger partial charge in [0.25, 0.3) is 0 Å². The van der Waals surface area contributed by atoms with Crippen LogP contribution in [0.3, 0.4) is 0 Å². The Labute approximate surface area is 132 Å². The largest absolute Gasteiger partial charge is 0.444 e. The number of nitrogens with one attached hydrogen (secondary N) is 1. The Morgan fingerprint density at radius 2 is 2.00 bits per heavy atom. The van der Waals surface area contributed by atoms with E-state index in [4.69, 9.17) is 10.5 Å². The summed E-state index contributed by atoms with van der Waals surface area (Å²) in [6, 6.07) is 7.82. The average molecular weight is 305 g/mol. The number of benzene rings is 1. The summed E-state index contributed by atoms with van der Waals surface area (Å²) in [6.45, 7) is 7.19. The van der Waals surface area contributed by atoms with E-state index in [1.165, 1.54) is 0 Å². The number of hydrogen-bond acceptors (Lipinski definition) is 4. The predicted octanol–water partition coefficient (Wildman–Crippen LogP) is 3.47.